The molecule has 1 N–H and O–H groups in total. The van der Waals surface area contributed by atoms with E-state index >= 15 is 0 Å². The molecule has 1 heterocycles. The molecule has 2 atom stereocenters. The summed E-state index contributed by atoms with van der Waals surface area (Å²) in [6.07, 6.45) is 0.547. The van der Waals surface area contributed by atoms with E-state index in [1.807, 2.05) is 36.9 Å². The van der Waals surface area contributed by atoms with Gasteiger partial charge in [-0.1, -0.05) is 30.3 Å². The van der Waals surface area contributed by atoms with Crippen LogP contribution in [0.25, 0.3) is 0 Å². The van der Waals surface area contributed by atoms with Crippen LogP contribution >= 0.6 is 11.8 Å². The van der Waals surface area contributed by atoms with Gasteiger partial charge in [-0.3, -0.25) is 0 Å². The van der Waals surface area contributed by atoms with Crippen molar-refractivity contribution in [2.45, 2.75) is 36.5 Å². The van der Waals surface area contributed by atoms with Gasteiger partial charge in [0, 0.05) is 15.7 Å². The summed E-state index contributed by atoms with van der Waals surface area (Å²) in [5.74, 6) is 0.807. The second-order valence-corrected chi connectivity index (χ2v) is 6.92. The van der Waals surface area contributed by atoms with Crippen molar-refractivity contribution in [1.29, 1.82) is 0 Å². The molecule has 0 bridgehead atoms. The summed E-state index contributed by atoms with van der Waals surface area (Å²) < 4.78 is 6.01. The van der Waals surface area contributed by atoms with Gasteiger partial charge in [0.15, 0.2) is 0 Å². The molecule has 1 aliphatic rings. The number of aryl methyl sites for hydroxylation is 1. The first-order valence-corrected chi connectivity index (χ1v) is 8.17. The molecule has 0 amide bonds. The Balaban J connectivity index is 1.68. The normalized spacial score (nSPS) is 18.3. The topological polar surface area (TPSA) is 29.5 Å². The van der Waals surface area contributed by atoms with Gasteiger partial charge in [0.1, 0.15) is 12.4 Å². The van der Waals surface area contributed by atoms with Crippen LogP contribution < -0.4 is 4.74 Å². The van der Waals surface area contributed by atoms with E-state index in [9.17, 15) is 5.11 Å². The smallest absolute Gasteiger partial charge is 0.125 e. The zero-order chi connectivity index (χ0) is 14.8. The van der Waals surface area contributed by atoms with E-state index in [4.69, 9.17) is 4.74 Å². The van der Waals surface area contributed by atoms with E-state index in [1.54, 1.807) is 6.92 Å². The second kappa shape index (κ2) is 6.12. The Bertz CT molecular complexity index is 612. The van der Waals surface area contributed by atoms with Crippen LogP contribution in [-0.4, -0.2) is 17.0 Å². The molecular formula is C18H20O2S. The predicted octanol–water partition coefficient (Wildman–Crippen LogP) is 4.14. The van der Waals surface area contributed by atoms with Gasteiger partial charge in [-0.2, -0.15) is 0 Å². The minimum atomic E-state index is -0.506. The van der Waals surface area contributed by atoms with E-state index in [2.05, 4.69) is 24.3 Å². The summed E-state index contributed by atoms with van der Waals surface area (Å²) in [6, 6.07) is 14.5. The molecule has 0 saturated heterocycles. The van der Waals surface area contributed by atoms with Crippen LogP contribution in [0.4, 0.5) is 0 Å². The van der Waals surface area contributed by atoms with Gasteiger partial charge in [-0.25, -0.2) is 0 Å². The highest BCUT2D eigenvalue weighted by molar-refractivity contribution is 8.00. The highest BCUT2D eigenvalue weighted by Gasteiger charge is 2.22. The summed E-state index contributed by atoms with van der Waals surface area (Å²) in [5.41, 5.74) is 3.42. The van der Waals surface area contributed by atoms with Crippen molar-refractivity contribution < 1.29 is 9.84 Å². The third-order valence-corrected chi connectivity index (χ3v) is 5.05. The Hall–Kier alpha value is -1.45. The van der Waals surface area contributed by atoms with Gasteiger partial charge in [0.25, 0.3) is 0 Å². The second-order valence-electron chi connectivity index (χ2n) is 5.58. The summed E-state index contributed by atoms with van der Waals surface area (Å²) in [5, 5.41) is 10.3. The van der Waals surface area contributed by atoms with Gasteiger partial charge in [-0.05, 0) is 43.5 Å². The van der Waals surface area contributed by atoms with Crippen molar-refractivity contribution in [2.24, 2.45) is 0 Å². The molecule has 0 aromatic heterocycles. The fourth-order valence-electron chi connectivity index (χ4n) is 2.64. The molecule has 2 aromatic carbocycles. The monoisotopic (exact) mass is 300 g/mol. The van der Waals surface area contributed by atoms with Crippen molar-refractivity contribution in [1.82, 2.24) is 0 Å². The van der Waals surface area contributed by atoms with Crippen LogP contribution in [0.5, 0.6) is 5.75 Å². The van der Waals surface area contributed by atoms with Crippen LogP contribution in [0.3, 0.4) is 0 Å². The quantitative estimate of drug-likeness (QED) is 0.920. The first-order valence-electron chi connectivity index (χ1n) is 7.29. The van der Waals surface area contributed by atoms with Gasteiger partial charge in [0.2, 0.25) is 0 Å². The van der Waals surface area contributed by atoms with Crippen molar-refractivity contribution in [3.8, 4) is 5.75 Å². The number of ether oxygens (including phenoxy) is 1. The minimum absolute atomic E-state index is 0.449. The van der Waals surface area contributed by atoms with Crippen LogP contribution in [0.1, 0.15) is 29.7 Å². The number of thioether (sulfide) groups is 1. The molecule has 21 heavy (non-hydrogen) atoms. The van der Waals surface area contributed by atoms with E-state index in [1.165, 1.54) is 10.5 Å². The SMILES string of the molecule is Cc1ccc(C(C)O)c(OCC2Cc3ccccc3S2)c1. The number of aliphatic hydroxyl groups is 1. The van der Waals surface area contributed by atoms with Crippen molar-refractivity contribution >= 4 is 11.8 Å². The van der Waals surface area contributed by atoms with E-state index in [0.717, 1.165) is 23.3 Å². The molecule has 2 unspecified atom stereocenters. The molecule has 2 nitrogen and oxygen atoms in total. The molecule has 0 fully saturated rings. The largest absolute Gasteiger partial charge is 0.492 e. The first kappa shape index (κ1) is 14.5. The van der Waals surface area contributed by atoms with Gasteiger partial charge < -0.3 is 9.84 Å². The zero-order valence-corrected chi connectivity index (χ0v) is 13.2. The van der Waals surface area contributed by atoms with Gasteiger partial charge in [-0.15, -0.1) is 11.8 Å². The van der Waals surface area contributed by atoms with E-state index in [-0.39, 0.29) is 0 Å². The molecule has 0 spiro atoms. The number of fused-ring (bicyclic) bond motifs is 1. The van der Waals surface area contributed by atoms with E-state index < -0.39 is 6.10 Å². The minimum Gasteiger partial charge on any atom is -0.492 e. The maximum Gasteiger partial charge on any atom is 0.125 e. The number of benzene rings is 2. The highest BCUT2D eigenvalue weighted by Crippen LogP contribution is 2.37. The molecule has 1 aliphatic heterocycles. The Labute approximate surface area is 130 Å². The van der Waals surface area contributed by atoms with Crippen LogP contribution in [0.15, 0.2) is 47.4 Å². The Kier molecular flexibility index (Phi) is 4.22. The molecule has 2 aromatic rings. The molecule has 0 saturated carbocycles. The summed E-state index contributed by atoms with van der Waals surface area (Å²) >= 11 is 1.89. The first-order chi connectivity index (χ1) is 10.1. The standard InChI is InChI=1S/C18H20O2S/c1-12-7-8-16(13(2)19)17(9-12)20-11-15-10-14-5-3-4-6-18(14)21-15/h3-9,13,15,19H,10-11H2,1-2H3. The number of hydrogen-bond acceptors (Lipinski definition) is 3. The molecule has 3 rings (SSSR count). The maximum absolute atomic E-state index is 9.84. The number of rotatable bonds is 4. The average Bonchev–Trinajstić information content (AvgIpc) is 2.87. The van der Waals surface area contributed by atoms with Gasteiger partial charge in [0.05, 0.1) is 6.10 Å². The third kappa shape index (κ3) is 3.25. The number of aliphatic hydroxyl groups excluding tert-OH is 1. The van der Waals surface area contributed by atoms with Crippen LogP contribution in [0.2, 0.25) is 0 Å². The fourth-order valence-corrected chi connectivity index (χ4v) is 3.86. The van der Waals surface area contributed by atoms with Crippen molar-refractivity contribution in [3.05, 3.63) is 59.2 Å². The number of hydrogen-bond donors (Lipinski definition) is 1. The highest BCUT2D eigenvalue weighted by atomic mass is 32.2. The zero-order valence-electron chi connectivity index (χ0n) is 12.4. The maximum atomic E-state index is 9.84. The summed E-state index contributed by atoms with van der Waals surface area (Å²) in [4.78, 5) is 1.37. The summed E-state index contributed by atoms with van der Waals surface area (Å²) in [7, 11) is 0. The van der Waals surface area contributed by atoms with Crippen LogP contribution in [-0.2, 0) is 6.42 Å². The van der Waals surface area contributed by atoms with Crippen LogP contribution in [0, 0.1) is 6.92 Å². The van der Waals surface area contributed by atoms with Gasteiger partial charge >= 0.3 is 0 Å². The third-order valence-electron chi connectivity index (χ3n) is 3.76. The van der Waals surface area contributed by atoms with E-state index in [0.29, 0.717) is 11.9 Å². The lowest BCUT2D eigenvalue weighted by molar-refractivity contribution is 0.191. The molecule has 110 valence electrons. The predicted molar refractivity (Wildman–Crippen MR) is 87.1 cm³/mol. The fraction of sp³-hybridized carbons (Fsp3) is 0.333. The Morgan fingerprint density at radius 3 is 2.86 bits per heavy atom. The molecule has 0 radical (unpaired) electrons. The Morgan fingerprint density at radius 1 is 1.29 bits per heavy atom. The van der Waals surface area contributed by atoms with Crippen molar-refractivity contribution in [2.75, 3.05) is 6.61 Å². The molecule has 3 heteroatoms. The van der Waals surface area contributed by atoms with Crippen molar-refractivity contribution in [3.63, 3.8) is 0 Å². The lowest BCUT2D eigenvalue weighted by Gasteiger charge is -2.16. The summed E-state index contributed by atoms with van der Waals surface area (Å²) in [6.45, 7) is 4.49. The Morgan fingerprint density at radius 2 is 2.10 bits per heavy atom. The molecule has 0 aliphatic carbocycles. The average molecular weight is 300 g/mol. The lowest BCUT2D eigenvalue weighted by atomic mass is 10.1. The molecular weight excluding hydrogens is 280 g/mol. The lowest BCUT2D eigenvalue weighted by Crippen LogP contribution is -2.14.